The van der Waals surface area contributed by atoms with Gasteiger partial charge in [-0.25, -0.2) is 0 Å². The molecule has 0 radical (unpaired) electrons. The van der Waals surface area contributed by atoms with Crippen molar-refractivity contribution in [2.45, 2.75) is 58.8 Å². The Morgan fingerprint density at radius 3 is 1.95 bits per heavy atom. The van der Waals surface area contributed by atoms with E-state index in [1.54, 1.807) is 6.92 Å². The molecule has 10 nitrogen and oxygen atoms in total. The van der Waals surface area contributed by atoms with Gasteiger partial charge in [0.05, 0.1) is 0 Å². The Hall–Kier alpha value is -2.13. The molecule has 0 aliphatic carbocycles. The first-order valence-corrected chi connectivity index (χ1v) is 6.45. The molecule has 0 amide bonds. The number of esters is 1. The van der Waals surface area contributed by atoms with Gasteiger partial charge in [0.2, 0.25) is 0 Å². The fraction of sp³-hybridized carbons (Fsp3) is 0.909. The number of ether oxygens (including phenoxy) is 1. The maximum Gasteiger partial charge on any atom is 0.306 e. The summed E-state index contributed by atoms with van der Waals surface area (Å²) in [5, 5.41) is 18.4. The molecule has 0 rings (SSSR count). The molecule has 1 unspecified atom stereocenters. The van der Waals surface area contributed by atoms with Crippen LogP contribution in [0.1, 0.15) is 40.5 Å². The number of hydrogen-bond acceptors (Lipinski definition) is 8. The molecular weight excluding hydrogens is 288 g/mol. The van der Waals surface area contributed by atoms with Gasteiger partial charge in [0.25, 0.3) is 10.2 Å². The van der Waals surface area contributed by atoms with Crippen LogP contribution in [0.3, 0.4) is 0 Å². The molecular formula is C11H20N2O8. The Bertz CT molecular complexity index is 373. The third-order valence-electron chi connectivity index (χ3n) is 2.89. The van der Waals surface area contributed by atoms with E-state index in [9.17, 15) is 25.0 Å². The van der Waals surface area contributed by atoms with Crippen molar-refractivity contribution >= 4 is 5.97 Å². The van der Waals surface area contributed by atoms with Crippen LogP contribution in [0, 0.1) is 26.1 Å². The van der Waals surface area contributed by atoms with Crippen molar-refractivity contribution in [1.29, 1.82) is 0 Å². The van der Waals surface area contributed by atoms with E-state index in [0.717, 1.165) is 0 Å². The van der Waals surface area contributed by atoms with E-state index in [1.807, 2.05) is 13.8 Å². The highest BCUT2D eigenvalue weighted by Gasteiger charge is 2.26. The molecule has 21 heavy (non-hydrogen) atoms. The average Bonchev–Trinajstić information content (AvgIpc) is 2.32. The van der Waals surface area contributed by atoms with E-state index in [1.165, 1.54) is 6.92 Å². The third-order valence-corrected chi connectivity index (χ3v) is 2.89. The van der Waals surface area contributed by atoms with Crippen LogP contribution in [0.25, 0.3) is 0 Å². The second kappa shape index (κ2) is 8.93. The lowest BCUT2D eigenvalue weighted by atomic mass is 10.1. The molecule has 0 heterocycles. The van der Waals surface area contributed by atoms with Gasteiger partial charge in [-0.3, -0.25) is 4.79 Å². The number of hydrogen-bond donors (Lipinski definition) is 0. The minimum atomic E-state index is -1.23. The Morgan fingerprint density at radius 1 is 1.00 bits per heavy atom. The van der Waals surface area contributed by atoms with Crippen molar-refractivity contribution < 1.29 is 29.4 Å². The van der Waals surface area contributed by atoms with Crippen LogP contribution in [0.5, 0.6) is 0 Å². The van der Waals surface area contributed by atoms with Gasteiger partial charge in [-0.1, -0.05) is 13.8 Å². The Labute approximate surface area is 121 Å². The second-order valence-electron chi connectivity index (χ2n) is 4.88. The van der Waals surface area contributed by atoms with E-state index in [4.69, 9.17) is 4.74 Å². The molecule has 0 bridgehead atoms. The van der Waals surface area contributed by atoms with Gasteiger partial charge in [0, 0.05) is 6.42 Å². The lowest BCUT2D eigenvalue weighted by Crippen LogP contribution is -2.33. The minimum absolute atomic E-state index is 0.125. The summed E-state index contributed by atoms with van der Waals surface area (Å²) in [6.07, 6.45) is -2.99. The van der Waals surface area contributed by atoms with Gasteiger partial charge in [0.1, 0.15) is 18.3 Å². The van der Waals surface area contributed by atoms with Gasteiger partial charge in [-0.15, -0.1) is 20.2 Å². The molecule has 0 N–H and O–H groups in total. The first kappa shape index (κ1) is 18.9. The lowest BCUT2D eigenvalue weighted by molar-refractivity contribution is -0.798. The summed E-state index contributed by atoms with van der Waals surface area (Å²) in [6.45, 7) is 6.73. The normalized spacial score (nSPS) is 14.9. The molecule has 10 heteroatoms. The van der Waals surface area contributed by atoms with Crippen LogP contribution in [-0.4, -0.2) is 34.5 Å². The SMILES string of the molecule is CC(C)C(C)OC(=O)CC[C@@H](O[N+](=O)[O-])[C@@H](C)O[N+](=O)[O-]. The first-order valence-electron chi connectivity index (χ1n) is 6.45. The molecule has 0 aromatic rings. The summed E-state index contributed by atoms with van der Waals surface area (Å²) >= 11 is 0. The van der Waals surface area contributed by atoms with Gasteiger partial charge >= 0.3 is 5.97 Å². The summed E-state index contributed by atoms with van der Waals surface area (Å²) in [5.41, 5.74) is 0. The molecule has 0 fully saturated rings. The summed E-state index contributed by atoms with van der Waals surface area (Å²) in [7, 11) is 0. The zero-order valence-corrected chi connectivity index (χ0v) is 12.4. The molecule has 0 saturated carbocycles. The maximum atomic E-state index is 11.6. The Balaban J connectivity index is 4.44. The average molecular weight is 308 g/mol. The predicted molar refractivity (Wildman–Crippen MR) is 69.0 cm³/mol. The summed E-state index contributed by atoms with van der Waals surface area (Å²) in [6, 6.07) is 0. The first-order chi connectivity index (χ1) is 9.63. The molecule has 3 atom stereocenters. The lowest BCUT2D eigenvalue weighted by Gasteiger charge is -2.21. The molecule has 0 aliphatic rings. The topological polar surface area (TPSA) is 131 Å². The van der Waals surface area contributed by atoms with Crippen molar-refractivity contribution in [1.82, 2.24) is 0 Å². The molecule has 122 valence electrons. The molecule has 0 aliphatic heterocycles. The number of nitrogens with zero attached hydrogens (tertiary/aromatic N) is 2. The van der Waals surface area contributed by atoms with E-state index in [0.29, 0.717) is 0 Å². The van der Waals surface area contributed by atoms with E-state index < -0.39 is 28.4 Å². The van der Waals surface area contributed by atoms with Crippen LogP contribution in [0.4, 0.5) is 0 Å². The van der Waals surface area contributed by atoms with E-state index in [2.05, 4.69) is 9.68 Å². The van der Waals surface area contributed by atoms with Crippen LogP contribution < -0.4 is 0 Å². The zero-order chi connectivity index (χ0) is 16.6. The van der Waals surface area contributed by atoms with Gasteiger partial charge in [-0.2, -0.15) is 0 Å². The zero-order valence-electron chi connectivity index (χ0n) is 12.4. The Morgan fingerprint density at radius 2 is 1.52 bits per heavy atom. The van der Waals surface area contributed by atoms with Gasteiger partial charge in [-0.05, 0) is 26.2 Å². The van der Waals surface area contributed by atoms with Crippen molar-refractivity contribution in [3.05, 3.63) is 20.2 Å². The fourth-order valence-electron chi connectivity index (χ4n) is 1.35. The highest BCUT2D eigenvalue weighted by molar-refractivity contribution is 5.69. The highest BCUT2D eigenvalue weighted by atomic mass is 17.0. The second-order valence-corrected chi connectivity index (χ2v) is 4.88. The van der Waals surface area contributed by atoms with Gasteiger partial charge in [0.15, 0.2) is 0 Å². The number of carbonyl (C=O) groups is 1. The van der Waals surface area contributed by atoms with Crippen molar-refractivity contribution in [3.63, 3.8) is 0 Å². The van der Waals surface area contributed by atoms with E-state index in [-0.39, 0.29) is 24.9 Å². The van der Waals surface area contributed by atoms with E-state index >= 15 is 0 Å². The molecule has 0 aromatic heterocycles. The van der Waals surface area contributed by atoms with Crippen LogP contribution >= 0.6 is 0 Å². The highest BCUT2D eigenvalue weighted by Crippen LogP contribution is 2.13. The van der Waals surface area contributed by atoms with Gasteiger partial charge < -0.3 is 14.4 Å². The fourth-order valence-corrected chi connectivity index (χ4v) is 1.35. The monoisotopic (exact) mass is 308 g/mol. The number of carbonyl (C=O) groups excluding carboxylic acids is 1. The number of rotatable bonds is 10. The summed E-state index contributed by atoms with van der Waals surface area (Å²) < 4.78 is 5.09. The summed E-state index contributed by atoms with van der Waals surface area (Å²) in [4.78, 5) is 40.7. The Kier molecular flexibility index (Phi) is 8.02. The smallest absolute Gasteiger partial charge is 0.306 e. The van der Waals surface area contributed by atoms with Crippen LogP contribution in [0.15, 0.2) is 0 Å². The standard InChI is InChI=1S/C11H20N2O8/c1-7(2)8(3)19-11(14)6-5-10(21-13(17)18)9(4)20-12(15)16/h7-10H,5-6H2,1-4H3/t8?,9-,10-/m1/s1. The summed E-state index contributed by atoms with van der Waals surface area (Å²) in [5.74, 6) is -0.419. The van der Waals surface area contributed by atoms with Crippen molar-refractivity contribution in [3.8, 4) is 0 Å². The minimum Gasteiger partial charge on any atom is -0.462 e. The molecule has 0 aromatic carbocycles. The van der Waals surface area contributed by atoms with Crippen molar-refractivity contribution in [2.24, 2.45) is 5.92 Å². The largest absolute Gasteiger partial charge is 0.462 e. The third kappa shape index (κ3) is 8.60. The quantitative estimate of drug-likeness (QED) is 0.337. The molecule has 0 saturated heterocycles. The van der Waals surface area contributed by atoms with Crippen LogP contribution in [0.2, 0.25) is 0 Å². The molecule has 0 spiro atoms. The van der Waals surface area contributed by atoms with Crippen LogP contribution in [-0.2, 0) is 19.2 Å². The predicted octanol–water partition coefficient (Wildman–Crippen LogP) is 1.53. The maximum absolute atomic E-state index is 11.6. The van der Waals surface area contributed by atoms with Crippen molar-refractivity contribution in [2.75, 3.05) is 0 Å².